The van der Waals surface area contributed by atoms with Crippen molar-refractivity contribution in [3.63, 3.8) is 0 Å². The van der Waals surface area contributed by atoms with Crippen molar-refractivity contribution in [2.75, 3.05) is 6.61 Å². The average molecular weight is 212 g/mol. The molecule has 5 heteroatoms. The van der Waals surface area contributed by atoms with Crippen molar-refractivity contribution < 1.29 is 24.5 Å². The molecule has 0 saturated carbocycles. The SMILES string of the molecule is C1CC2=C(CC2)O1.O=C(O)/C=C\C(=O)O. The maximum atomic E-state index is 9.55. The lowest BCUT2D eigenvalue weighted by atomic mass is 9.96. The largest absolute Gasteiger partial charge is 0.498 e. The van der Waals surface area contributed by atoms with Gasteiger partial charge in [-0.2, -0.15) is 0 Å². The lowest BCUT2D eigenvalue weighted by Gasteiger charge is -2.12. The van der Waals surface area contributed by atoms with Gasteiger partial charge in [0.05, 0.1) is 12.4 Å². The molecule has 0 aromatic rings. The van der Waals surface area contributed by atoms with Gasteiger partial charge in [-0.1, -0.05) is 0 Å². The second kappa shape index (κ2) is 5.19. The molecule has 0 radical (unpaired) electrons. The normalized spacial score (nSPS) is 17.3. The molecular weight excluding hydrogens is 200 g/mol. The van der Waals surface area contributed by atoms with Gasteiger partial charge in [0.15, 0.2) is 0 Å². The van der Waals surface area contributed by atoms with Gasteiger partial charge in [0.25, 0.3) is 0 Å². The highest BCUT2D eigenvalue weighted by Crippen LogP contribution is 2.35. The van der Waals surface area contributed by atoms with E-state index in [0.717, 1.165) is 6.61 Å². The van der Waals surface area contributed by atoms with Crippen molar-refractivity contribution in [2.24, 2.45) is 0 Å². The number of aliphatic carboxylic acids is 2. The topological polar surface area (TPSA) is 83.8 Å². The van der Waals surface area contributed by atoms with E-state index < -0.39 is 11.9 Å². The molecule has 2 aliphatic rings. The lowest BCUT2D eigenvalue weighted by Crippen LogP contribution is -1.96. The van der Waals surface area contributed by atoms with E-state index in [-0.39, 0.29) is 0 Å². The second-order valence-electron chi connectivity index (χ2n) is 3.14. The molecule has 0 aromatic heterocycles. The van der Waals surface area contributed by atoms with E-state index in [0.29, 0.717) is 12.2 Å². The van der Waals surface area contributed by atoms with Crippen LogP contribution in [0.1, 0.15) is 19.3 Å². The number of rotatable bonds is 2. The van der Waals surface area contributed by atoms with Crippen molar-refractivity contribution in [1.82, 2.24) is 0 Å². The summed E-state index contributed by atoms with van der Waals surface area (Å²) in [5.74, 6) is -1.21. The molecule has 0 aromatic carbocycles. The molecule has 0 fully saturated rings. The molecular formula is C10H12O5. The first-order valence-corrected chi connectivity index (χ1v) is 4.57. The van der Waals surface area contributed by atoms with Gasteiger partial charge in [0, 0.05) is 25.0 Å². The number of carbonyl (C=O) groups is 2. The maximum absolute atomic E-state index is 9.55. The predicted octanol–water partition coefficient (Wildman–Crippen LogP) is 1.17. The Morgan fingerprint density at radius 2 is 1.67 bits per heavy atom. The van der Waals surface area contributed by atoms with Crippen molar-refractivity contribution in [3.05, 3.63) is 23.5 Å². The van der Waals surface area contributed by atoms with E-state index in [1.165, 1.54) is 25.0 Å². The van der Waals surface area contributed by atoms with Gasteiger partial charge in [-0.3, -0.25) is 0 Å². The van der Waals surface area contributed by atoms with E-state index in [2.05, 4.69) is 0 Å². The van der Waals surface area contributed by atoms with E-state index in [4.69, 9.17) is 14.9 Å². The Hall–Kier alpha value is -1.78. The Labute approximate surface area is 86.7 Å². The minimum atomic E-state index is -1.26. The third-order valence-corrected chi connectivity index (χ3v) is 2.10. The van der Waals surface area contributed by atoms with Gasteiger partial charge in [-0.15, -0.1) is 0 Å². The number of carboxylic acids is 2. The van der Waals surface area contributed by atoms with Crippen molar-refractivity contribution in [2.45, 2.75) is 19.3 Å². The lowest BCUT2D eigenvalue weighted by molar-refractivity contribution is -0.134. The quantitative estimate of drug-likeness (QED) is 0.671. The van der Waals surface area contributed by atoms with Crippen LogP contribution in [-0.2, 0) is 14.3 Å². The summed E-state index contributed by atoms with van der Waals surface area (Å²) in [6.45, 7) is 0.963. The summed E-state index contributed by atoms with van der Waals surface area (Å²) in [5.41, 5.74) is 1.58. The van der Waals surface area contributed by atoms with E-state index >= 15 is 0 Å². The van der Waals surface area contributed by atoms with E-state index in [1.54, 1.807) is 5.57 Å². The van der Waals surface area contributed by atoms with Crippen LogP contribution in [0.4, 0.5) is 0 Å². The molecule has 82 valence electrons. The molecule has 0 saturated heterocycles. The van der Waals surface area contributed by atoms with Gasteiger partial charge in [0.2, 0.25) is 0 Å². The van der Waals surface area contributed by atoms with Crippen LogP contribution >= 0.6 is 0 Å². The third-order valence-electron chi connectivity index (χ3n) is 2.10. The van der Waals surface area contributed by atoms with Crippen LogP contribution in [0.5, 0.6) is 0 Å². The Morgan fingerprint density at radius 1 is 1.07 bits per heavy atom. The summed E-state index contributed by atoms with van der Waals surface area (Å²) >= 11 is 0. The number of allylic oxidation sites excluding steroid dienone is 1. The third kappa shape index (κ3) is 3.84. The molecule has 0 amide bonds. The fourth-order valence-corrected chi connectivity index (χ4v) is 1.28. The molecule has 1 aliphatic heterocycles. The zero-order chi connectivity index (χ0) is 11.3. The van der Waals surface area contributed by atoms with Crippen LogP contribution < -0.4 is 0 Å². The monoisotopic (exact) mass is 212 g/mol. The highest BCUT2D eigenvalue weighted by Gasteiger charge is 2.22. The summed E-state index contributed by atoms with van der Waals surface area (Å²) in [7, 11) is 0. The number of hydrogen-bond donors (Lipinski definition) is 2. The zero-order valence-electron chi connectivity index (χ0n) is 8.10. The summed E-state index contributed by atoms with van der Waals surface area (Å²) in [4.78, 5) is 19.1. The van der Waals surface area contributed by atoms with Gasteiger partial charge >= 0.3 is 11.9 Å². The molecule has 2 rings (SSSR count). The smallest absolute Gasteiger partial charge is 0.328 e. The molecule has 0 unspecified atom stereocenters. The van der Waals surface area contributed by atoms with E-state index in [9.17, 15) is 9.59 Å². The van der Waals surface area contributed by atoms with Crippen LogP contribution in [-0.4, -0.2) is 28.8 Å². The predicted molar refractivity (Wildman–Crippen MR) is 51.2 cm³/mol. The Bertz CT molecular complexity index is 297. The van der Waals surface area contributed by atoms with Crippen LogP contribution in [0.3, 0.4) is 0 Å². The zero-order valence-corrected chi connectivity index (χ0v) is 8.10. The van der Waals surface area contributed by atoms with Crippen LogP contribution in [0, 0.1) is 0 Å². The first kappa shape index (κ1) is 11.3. The van der Waals surface area contributed by atoms with Gasteiger partial charge in [-0.05, 0) is 12.0 Å². The molecule has 5 nitrogen and oxygen atoms in total. The fraction of sp³-hybridized carbons (Fsp3) is 0.400. The van der Waals surface area contributed by atoms with Crippen LogP contribution in [0.15, 0.2) is 23.5 Å². The maximum Gasteiger partial charge on any atom is 0.328 e. The van der Waals surface area contributed by atoms with Crippen LogP contribution in [0.25, 0.3) is 0 Å². The molecule has 15 heavy (non-hydrogen) atoms. The Balaban J connectivity index is 0.000000150. The standard InChI is InChI=1S/C6H8O.C4H4O4/c1-2-6-5(1)3-4-7-6;5-3(6)1-2-4(7)8/h1-4H2;1-2H,(H,5,6)(H,7,8)/b;2-1-. The number of hydrogen-bond acceptors (Lipinski definition) is 3. The molecule has 2 N–H and O–H groups in total. The summed E-state index contributed by atoms with van der Waals surface area (Å²) < 4.78 is 5.23. The molecule has 0 bridgehead atoms. The average Bonchev–Trinajstić information content (AvgIpc) is 2.43. The highest BCUT2D eigenvalue weighted by molar-refractivity contribution is 5.89. The van der Waals surface area contributed by atoms with Gasteiger partial charge in [0.1, 0.15) is 0 Å². The number of ether oxygens (including phenoxy) is 1. The molecule has 1 aliphatic carbocycles. The first-order valence-electron chi connectivity index (χ1n) is 4.57. The van der Waals surface area contributed by atoms with Crippen LogP contribution in [0.2, 0.25) is 0 Å². The Kier molecular flexibility index (Phi) is 3.91. The van der Waals surface area contributed by atoms with E-state index in [1.807, 2.05) is 0 Å². The Morgan fingerprint density at radius 3 is 1.87 bits per heavy atom. The minimum absolute atomic E-state index is 0.558. The number of carboxylic acid groups (broad SMARTS) is 2. The summed E-state index contributed by atoms with van der Waals surface area (Å²) in [6.07, 6.45) is 4.87. The summed E-state index contributed by atoms with van der Waals surface area (Å²) in [6, 6.07) is 0. The van der Waals surface area contributed by atoms with Crippen molar-refractivity contribution >= 4 is 11.9 Å². The molecule has 0 spiro atoms. The van der Waals surface area contributed by atoms with Crippen molar-refractivity contribution in [3.8, 4) is 0 Å². The van der Waals surface area contributed by atoms with Gasteiger partial charge in [-0.25, -0.2) is 9.59 Å². The van der Waals surface area contributed by atoms with Crippen molar-refractivity contribution in [1.29, 1.82) is 0 Å². The molecule has 0 atom stereocenters. The molecule has 1 heterocycles. The fourth-order valence-electron chi connectivity index (χ4n) is 1.28. The first-order chi connectivity index (χ1) is 7.09. The highest BCUT2D eigenvalue weighted by atomic mass is 16.5. The van der Waals surface area contributed by atoms with Gasteiger partial charge < -0.3 is 14.9 Å². The summed E-state index contributed by atoms with van der Waals surface area (Å²) in [5, 5.41) is 15.6. The second-order valence-corrected chi connectivity index (χ2v) is 3.14. The minimum Gasteiger partial charge on any atom is -0.498 e.